The van der Waals surface area contributed by atoms with Crippen molar-refractivity contribution in [1.29, 1.82) is 0 Å². The van der Waals surface area contributed by atoms with Crippen molar-refractivity contribution in [2.45, 2.75) is 6.92 Å². The molecule has 1 aromatic heterocycles. The Balaban J connectivity index is 2.18. The standard InChI is InChI=1S/C16H13FN2O2/c1-2-21-12-8-10(7-11(17)9-12)15-18-14-6-4-3-5-13(14)16(20)19-15/h3-9H,2H2,1H3,(H,18,19,20). The van der Waals surface area contributed by atoms with Crippen molar-refractivity contribution in [2.75, 3.05) is 6.61 Å². The number of aromatic nitrogens is 2. The van der Waals surface area contributed by atoms with Gasteiger partial charge >= 0.3 is 0 Å². The van der Waals surface area contributed by atoms with Gasteiger partial charge in [-0.3, -0.25) is 4.79 Å². The van der Waals surface area contributed by atoms with Gasteiger partial charge in [-0.1, -0.05) is 12.1 Å². The van der Waals surface area contributed by atoms with Gasteiger partial charge in [-0.15, -0.1) is 0 Å². The third-order valence-corrected chi connectivity index (χ3v) is 3.07. The Labute approximate surface area is 120 Å². The van der Waals surface area contributed by atoms with E-state index in [1.807, 2.05) is 6.92 Å². The Morgan fingerprint density at radius 2 is 2.05 bits per heavy atom. The fourth-order valence-electron chi connectivity index (χ4n) is 2.17. The molecule has 0 fully saturated rings. The number of nitrogens with one attached hydrogen (secondary N) is 1. The van der Waals surface area contributed by atoms with Crippen LogP contribution in [0.4, 0.5) is 4.39 Å². The third-order valence-electron chi connectivity index (χ3n) is 3.07. The summed E-state index contributed by atoms with van der Waals surface area (Å²) < 4.78 is 19.0. The van der Waals surface area contributed by atoms with E-state index in [-0.39, 0.29) is 5.56 Å². The molecule has 5 heteroatoms. The molecular weight excluding hydrogens is 271 g/mol. The zero-order valence-corrected chi connectivity index (χ0v) is 11.4. The van der Waals surface area contributed by atoms with Gasteiger partial charge in [0.2, 0.25) is 0 Å². The number of H-pyrrole nitrogens is 1. The molecule has 106 valence electrons. The minimum absolute atomic E-state index is 0.252. The van der Waals surface area contributed by atoms with Gasteiger partial charge in [0.05, 0.1) is 17.5 Å². The lowest BCUT2D eigenvalue weighted by Crippen LogP contribution is -2.09. The van der Waals surface area contributed by atoms with Gasteiger partial charge in [0.25, 0.3) is 5.56 Å². The van der Waals surface area contributed by atoms with Crippen molar-refractivity contribution < 1.29 is 9.13 Å². The van der Waals surface area contributed by atoms with Crippen LogP contribution in [0.2, 0.25) is 0 Å². The lowest BCUT2D eigenvalue weighted by Gasteiger charge is -2.07. The molecule has 1 N–H and O–H groups in total. The van der Waals surface area contributed by atoms with Crippen LogP contribution in [-0.2, 0) is 0 Å². The lowest BCUT2D eigenvalue weighted by atomic mass is 10.1. The molecule has 0 unspecified atom stereocenters. The highest BCUT2D eigenvalue weighted by molar-refractivity contribution is 5.79. The van der Waals surface area contributed by atoms with Gasteiger partial charge in [-0.25, -0.2) is 9.37 Å². The zero-order chi connectivity index (χ0) is 14.8. The Morgan fingerprint density at radius 1 is 1.24 bits per heavy atom. The number of hydrogen-bond donors (Lipinski definition) is 1. The van der Waals surface area contributed by atoms with Crippen molar-refractivity contribution in [3.8, 4) is 17.1 Å². The molecule has 0 bridgehead atoms. The second-order valence-electron chi connectivity index (χ2n) is 4.54. The molecule has 4 nitrogen and oxygen atoms in total. The van der Waals surface area contributed by atoms with Crippen molar-refractivity contribution in [2.24, 2.45) is 0 Å². The Bertz CT molecular complexity index is 858. The van der Waals surface area contributed by atoms with Crippen LogP contribution in [0.5, 0.6) is 5.75 Å². The second-order valence-corrected chi connectivity index (χ2v) is 4.54. The Morgan fingerprint density at radius 3 is 2.86 bits per heavy atom. The van der Waals surface area contributed by atoms with E-state index in [0.717, 1.165) is 0 Å². The molecular formula is C16H13FN2O2. The molecule has 0 aliphatic heterocycles. The topological polar surface area (TPSA) is 55.0 Å². The highest BCUT2D eigenvalue weighted by atomic mass is 19.1. The van der Waals surface area contributed by atoms with Crippen LogP contribution in [0.15, 0.2) is 47.3 Å². The number of halogens is 1. The number of aromatic amines is 1. The fraction of sp³-hybridized carbons (Fsp3) is 0.125. The lowest BCUT2D eigenvalue weighted by molar-refractivity contribution is 0.338. The van der Waals surface area contributed by atoms with Gasteiger partial charge < -0.3 is 9.72 Å². The van der Waals surface area contributed by atoms with Gasteiger partial charge in [-0.2, -0.15) is 0 Å². The molecule has 0 amide bonds. The minimum Gasteiger partial charge on any atom is -0.494 e. The molecule has 0 aliphatic carbocycles. The van der Waals surface area contributed by atoms with E-state index in [2.05, 4.69) is 9.97 Å². The summed E-state index contributed by atoms with van der Waals surface area (Å²) in [6, 6.07) is 11.3. The van der Waals surface area contributed by atoms with Crippen molar-refractivity contribution >= 4 is 10.9 Å². The predicted molar refractivity (Wildman–Crippen MR) is 78.9 cm³/mol. The molecule has 21 heavy (non-hydrogen) atoms. The second kappa shape index (κ2) is 5.36. The van der Waals surface area contributed by atoms with Crippen molar-refractivity contribution in [3.05, 3.63) is 58.6 Å². The first-order valence-electron chi connectivity index (χ1n) is 6.60. The van der Waals surface area contributed by atoms with Crippen LogP contribution < -0.4 is 10.3 Å². The number of rotatable bonds is 3. The van der Waals surface area contributed by atoms with Crippen LogP contribution in [0, 0.1) is 5.82 Å². The molecule has 0 atom stereocenters. The van der Waals surface area contributed by atoms with Crippen molar-refractivity contribution in [3.63, 3.8) is 0 Å². The van der Waals surface area contributed by atoms with E-state index in [9.17, 15) is 9.18 Å². The Hall–Kier alpha value is -2.69. The summed E-state index contributed by atoms with van der Waals surface area (Å²) in [6.07, 6.45) is 0. The van der Waals surface area contributed by atoms with E-state index < -0.39 is 5.82 Å². The molecule has 3 aromatic rings. The normalized spacial score (nSPS) is 10.8. The van der Waals surface area contributed by atoms with Gasteiger partial charge in [0.1, 0.15) is 17.4 Å². The van der Waals surface area contributed by atoms with E-state index in [0.29, 0.717) is 34.6 Å². The van der Waals surface area contributed by atoms with E-state index >= 15 is 0 Å². The van der Waals surface area contributed by atoms with Gasteiger partial charge in [0.15, 0.2) is 0 Å². The molecule has 0 saturated carbocycles. The first-order valence-corrected chi connectivity index (χ1v) is 6.60. The molecule has 3 rings (SSSR count). The number of hydrogen-bond acceptors (Lipinski definition) is 3. The third kappa shape index (κ3) is 2.63. The summed E-state index contributed by atoms with van der Waals surface area (Å²) in [7, 11) is 0. The molecule has 1 heterocycles. The number of para-hydroxylation sites is 1. The van der Waals surface area contributed by atoms with Crippen LogP contribution in [0.1, 0.15) is 6.92 Å². The van der Waals surface area contributed by atoms with Crippen LogP contribution in [0.3, 0.4) is 0 Å². The summed E-state index contributed by atoms with van der Waals surface area (Å²) in [5.41, 5.74) is 0.789. The smallest absolute Gasteiger partial charge is 0.259 e. The first-order chi connectivity index (χ1) is 10.2. The maximum absolute atomic E-state index is 13.7. The zero-order valence-electron chi connectivity index (χ0n) is 11.4. The minimum atomic E-state index is -0.438. The van der Waals surface area contributed by atoms with Crippen LogP contribution >= 0.6 is 0 Å². The van der Waals surface area contributed by atoms with Crippen molar-refractivity contribution in [1.82, 2.24) is 9.97 Å². The number of fused-ring (bicyclic) bond motifs is 1. The summed E-state index contributed by atoms with van der Waals surface area (Å²) in [4.78, 5) is 19.1. The van der Waals surface area contributed by atoms with E-state index in [1.54, 1.807) is 30.3 Å². The number of benzene rings is 2. The highest BCUT2D eigenvalue weighted by Gasteiger charge is 2.08. The predicted octanol–water partition coefficient (Wildman–Crippen LogP) is 3.13. The molecule has 0 aliphatic rings. The SMILES string of the molecule is CCOc1cc(F)cc(-c2nc3ccccc3c(=O)[nH]2)c1. The number of nitrogens with zero attached hydrogens (tertiary/aromatic N) is 1. The average Bonchev–Trinajstić information content (AvgIpc) is 2.47. The molecule has 0 saturated heterocycles. The molecule has 0 radical (unpaired) electrons. The summed E-state index contributed by atoms with van der Waals surface area (Å²) in [6.45, 7) is 2.26. The number of ether oxygens (including phenoxy) is 1. The largest absolute Gasteiger partial charge is 0.494 e. The average molecular weight is 284 g/mol. The highest BCUT2D eigenvalue weighted by Crippen LogP contribution is 2.23. The van der Waals surface area contributed by atoms with Crippen LogP contribution in [-0.4, -0.2) is 16.6 Å². The maximum atomic E-state index is 13.7. The monoisotopic (exact) mass is 284 g/mol. The summed E-state index contributed by atoms with van der Waals surface area (Å²) in [5, 5.41) is 0.502. The van der Waals surface area contributed by atoms with E-state index in [4.69, 9.17) is 4.74 Å². The summed E-state index contributed by atoms with van der Waals surface area (Å²) in [5.74, 6) is 0.286. The molecule has 2 aromatic carbocycles. The van der Waals surface area contributed by atoms with E-state index in [1.165, 1.54) is 12.1 Å². The Kier molecular flexibility index (Phi) is 3.39. The van der Waals surface area contributed by atoms with Crippen LogP contribution in [0.25, 0.3) is 22.3 Å². The quantitative estimate of drug-likeness (QED) is 0.804. The maximum Gasteiger partial charge on any atom is 0.259 e. The molecule has 0 spiro atoms. The first kappa shape index (κ1) is 13.3. The van der Waals surface area contributed by atoms with Gasteiger partial charge in [0, 0.05) is 11.6 Å². The van der Waals surface area contributed by atoms with Gasteiger partial charge in [-0.05, 0) is 31.2 Å². The summed E-state index contributed by atoms with van der Waals surface area (Å²) >= 11 is 0. The fourth-order valence-corrected chi connectivity index (χ4v) is 2.17.